The van der Waals surface area contributed by atoms with Crippen LogP contribution in [0.5, 0.6) is 0 Å². The zero-order valence-electron chi connectivity index (χ0n) is 8.58. The number of nitrogens with two attached hydrogens (primary N) is 1. The number of carbonyl (C=O) groups is 1. The number of hydrogen-bond donors (Lipinski definition) is 1. The van der Waals surface area contributed by atoms with Gasteiger partial charge in [0.2, 0.25) is 0 Å². The molecule has 0 aliphatic carbocycles. The van der Waals surface area contributed by atoms with Crippen LogP contribution in [0, 0.1) is 0 Å². The first-order chi connectivity index (χ1) is 7.79. The van der Waals surface area contributed by atoms with E-state index in [4.69, 9.17) is 5.73 Å². The summed E-state index contributed by atoms with van der Waals surface area (Å²) in [4.78, 5) is 15.3. The van der Waals surface area contributed by atoms with E-state index in [0.717, 1.165) is 5.52 Å². The average molecular weight is 213 g/mol. The highest BCUT2D eigenvalue weighted by Crippen LogP contribution is 2.04. The van der Waals surface area contributed by atoms with E-state index in [1.807, 2.05) is 24.3 Å². The maximum atomic E-state index is 11.3. The summed E-state index contributed by atoms with van der Waals surface area (Å²) in [6.07, 6.45) is 5.13. The molecule has 0 aromatic carbocycles. The van der Waals surface area contributed by atoms with Crippen LogP contribution in [0.15, 0.2) is 55.0 Å². The van der Waals surface area contributed by atoms with Gasteiger partial charge in [0.15, 0.2) is 0 Å². The first-order valence-corrected chi connectivity index (χ1v) is 4.83. The van der Waals surface area contributed by atoms with Gasteiger partial charge in [-0.2, -0.15) is 0 Å². The molecule has 80 valence electrons. The van der Waals surface area contributed by atoms with Gasteiger partial charge in [-0.25, -0.2) is 0 Å². The van der Waals surface area contributed by atoms with E-state index in [1.165, 1.54) is 0 Å². The highest BCUT2D eigenvalue weighted by molar-refractivity contribution is 5.91. The molecule has 2 rings (SSSR count). The van der Waals surface area contributed by atoms with Crippen LogP contribution in [0.4, 0.5) is 0 Å². The van der Waals surface area contributed by atoms with E-state index in [2.05, 4.69) is 4.98 Å². The van der Waals surface area contributed by atoms with E-state index in [1.54, 1.807) is 35.1 Å². The average Bonchev–Trinajstić information content (AvgIpc) is 2.39. The number of rotatable bonds is 1. The minimum absolute atomic E-state index is 0.426. The third-order valence-electron chi connectivity index (χ3n) is 2.15. The van der Waals surface area contributed by atoms with Crippen molar-refractivity contribution in [3.63, 3.8) is 0 Å². The molecular weight excluding hydrogens is 202 g/mol. The topological polar surface area (TPSA) is 60.4 Å². The van der Waals surface area contributed by atoms with E-state index in [-0.39, 0.29) is 0 Å². The normalized spacial score (nSPS) is 9.75. The van der Waals surface area contributed by atoms with Crippen LogP contribution in [-0.2, 0) is 0 Å². The molecule has 0 saturated carbocycles. The molecule has 16 heavy (non-hydrogen) atoms. The maximum Gasteiger partial charge on any atom is 0.265 e. The molecule has 2 aromatic rings. The molecule has 0 radical (unpaired) electrons. The van der Waals surface area contributed by atoms with Gasteiger partial charge >= 0.3 is 0 Å². The van der Waals surface area contributed by atoms with Crippen molar-refractivity contribution in [2.45, 2.75) is 0 Å². The van der Waals surface area contributed by atoms with E-state index in [9.17, 15) is 4.79 Å². The number of amides is 1. The predicted octanol–water partition coefficient (Wildman–Crippen LogP) is 1.56. The largest absolute Gasteiger partial charge is 0.364 e. The van der Waals surface area contributed by atoms with Crippen LogP contribution >= 0.6 is 0 Å². The lowest BCUT2D eigenvalue weighted by Gasteiger charge is -2.02. The van der Waals surface area contributed by atoms with Gasteiger partial charge in [0, 0.05) is 12.4 Å². The van der Waals surface area contributed by atoms with Gasteiger partial charge in [-0.1, -0.05) is 12.1 Å². The highest BCUT2D eigenvalue weighted by atomic mass is 16.1. The predicted molar refractivity (Wildman–Crippen MR) is 61.3 cm³/mol. The van der Waals surface area contributed by atoms with Gasteiger partial charge in [0.1, 0.15) is 5.69 Å². The summed E-state index contributed by atoms with van der Waals surface area (Å²) in [5, 5.41) is 0. The Balaban J connectivity index is 2.88. The van der Waals surface area contributed by atoms with Crippen LogP contribution in [0.25, 0.3) is 5.52 Å². The molecule has 0 fully saturated rings. The number of primary amides is 1. The first-order valence-electron chi connectivity index (χ1n) is 4.83. The smallest absolute Gasteiger partial charge is 0.265 e. The lowest BCUT2D eigenvalue weighted by atomic mass is 10.3. The fraction of sp³-hybridized carbons (Fsp3) is 0. The first kappa shape index (κ1) is 10.2. The Morgan fingerprint density at radius 2 is 2.06 bits per heavy atom. The number of pyridine rings is 1. The summed E-state index contributed by atoms with van der Waals surface area (Å²) < 4.78 is 1.70. The van der Waals surface area contributed by atoms with Crippen LogP contribution in [0.1, 0.15) is 10.5 Å². The second kappa shape index (κ2) is 4.44. The fourth-order valence-electron chi connectivity index (χ4n) is 1.43. The summed E-state index contributed by atoms with van der Waals surface area (Å²) in [5.41, 5.74) is 6.53. The Kier molecular flexibility index (Phi) is 2.82. The highest BCUT2D eigenvalue weighted by Gasteiger charge is 2.02. The molecule has 0 unspecified atom stereocenters. The molecule has 0 aliphatic rings. The van der Waals surface area contributed by atoms with Crippen LogP contribution in [-0.4, -0.2) is 15.3 Å². The Labute approximate surface area is 92.7 Å². The SMILES string of the molecule is NC(=O)c1cccc2cncccccn12. The van der Waals surface area contributed by atoms with E-state index in [0.29, 0.717) is 5.69 Å². The Morgan fingerprint density at radius 3 is 2.88 bits per heavy atom. The molecule has 2 N–H and O–H groups in total. The second-order valence-corrected chi connectivity index (χ2v) is 3.22. The summed E-state index contributed by atoms with van der Waals surface area (Å²) >= 11 is 0. The molecule has 4 nitrogen and oxygen atoms in total. The zero-order chi connectivity index (χ0) is 11.4. The van der Waals surface area contributed by atoms with Crippen molar-refractivity contribution >= 4 is 11.4 Å². The number of nitrogens with zero attached hydrogens (tertiary/aromatic N) is 2. The quantitative estimate of drug-likeness (QED) is 0.781. The molecule has 0 saturated heterocycles. The van der Waals surface area contributed by atoms with Gasteiger partial charge in [-0.05, 0) is 24.3 Å². The zero-order valence-corrected chi connectivity index (χ0v) is 8.58. The van der Waals surface area contributed by atoms with Crippen molar-refractivity contribution in [2.75, 3.05) is 0 Å². The van der Waals surface area contributed by atoms with Crippen molar-refractivity contribution in [1.82, 2.24) is 9.38 Å². The van der Waals surface area contributed by atoms with Crippen LogP contribution in [0.3, 0.4) is 0 Å². The molecular formula is C12H11N3O. The second-order valence-electron chi connectivity index (χ2n) is 3.22. The Bertz CT molecular complexity index is 573. The standard InChI is InChI=1S/C12H11N3O/c13-12(16)11-6-4-5-10-9-14-7-2-1-3-8-15(10)11/h1-9H,(H2,13,16). The van der Waals surface area contributed by atoms with Gasteiger partial charge in [-0.3, -0.25) is 9.78 Å². The van der Waals surface area contributed by atoms with Gasteiger partial charge in [0.05, 0.1) is 11.7 Å². The van der Waals surface area contributed by atoms with Gasteiger partial charge in [-0.15, -0.1) is 0 Å². The van der Waals surface area contributed by atoms with E-state index >= 15 is 0 Å². The number of fused-ring (bicyclic) bond motifs is 1. The molecule has 2 aromatic heterocycles. The number of aromatic nitrogens is 2. The van der Waals surface area contributed by atoms with E-state index < -0.39 is 5.91 Å². The van der Waals surface area contributed by atoms with Gasteiger partial charge in [0.25, 0.3) is 5.91 Å². The third kappa shape index (κ3) is 2.00. The summed E-state index contributed by atoms with van der Waals surface area (Å²) in [6.45, 7) is 0. The lowest BCUT2D eigenvalue weighted by molar-refractivity contribution is 0.0994. The van der Waals surface area contributed by atoms with Crippen LogP contribution < -0.4 is 5.73 Å². The Morgan fingerprint density at radius 1 is 1.19 bits per heavy atom. The lowest BCUT2D eigenvalue weighted by Crippen LogP contribution is -2.15. The van der Waals surface area contributed by atoms with Crippen molar-refractivity contribution in [1.29, 1.82) is 0 Å². The monoisotopic (exact) mass is 213 g/mol. The molecule has 0 atom stereocenters. The number of hydrogen-bond acceptors (Lipinski definition) is 2. The van der Waals surface area contributed by atoms with Crippen molar-refractivity contribution < 1.29 is 4.79 Å². The van der Waals surface area contributed by atoms with Gasteiger partial charge < -0.3 is 10.1 Å². The molecule has 0 aliphatic heterocycles. The third-order valence-corrected chi connectivity index (χ3v) is 2.15. The maximum absolute atomic E-state index is 11.3. The fourth-order valence-corrected chi connectivity index (χ4v) is 1.43. The summed E-state index contributed by atoms with van der Waals surface area (Å²) in [7, 11) is 0. The Hall–Kier alpha value is -2.36. The number of carbonyl (C=O) groups excluding carboxylic acids is 1. The van der Waals surface area contributed by atoms with Crippen molar-refractivity contribution in [3.05, 3.63) is 60.7 Å². The summed E-state index contributed by atoms with van der Waals surface area (Å²) in [5.74, 6) is -0.466. The molecule has 1 amide bonds. The van der Waals surface area contributed by atoms with Crippen molar-refractivity contribution in [3.8, 4) is 0 Å². The minimum atomic E-state index is -0.466. The van der Waals surface area contributed by atoms with Crippen molar-refractivity contribution in [2.24, 2.45) is 5.73 Å². The van der Waals surface area contributed by atoms with Crippen LogP contribution in [0.2, 0.25) is 0 Å². The molecule has 4 heteroatoms. The summed E-state index contributed by atoms with van der Waals surface area (Å²) in [6, 6.07) is 10.8. The molecule has 0 spiro atoms. The molecule has 0 bridgehead atoms. The molecule has 2 heterocycles. The minimum Gasteiger partial charge on any atom is -0.364 e.